The highest BCUT2D eigenvalue weighted by Crippen LogP contribution is 2.35. The number of hydrogen-bond acceptors (Lipinski definition) is 5. The molecule has 0 saturated carbocycles. The Kier molecular flexibility index (Phi) is 7.11. The quantitative estimate of drug-likeness (QED) is 0.664. The summed E-state index contributed by atoms with van der Waals surface area (Å²) in [6.45, 7) is 8.11. The SMILES string of the molecule is CCOC(=O)CCNC(=O)NCc1c(-n2cccc2)sc2c1CCN(CC)C2. The number of urea groups is 1. The molecule has 3 heterocycles. The van der Waals surface area contributed by atoms with Gasteiger partial charge in [0.2, 0.25) is 0 Å². The Balaban J connectivity index is 1.65. The minimum atomic E-state index is -0.301. The first-order valence-corrected chi connectivity index (χ1v) is 10.6. The Morgan fingerprint density at radius 2 is 2.00 bits per heavy atom. The summed E-state index contributed by atoms with van der Waals surface area (Å²) in [5.41, 5.74) is 2.55. The lowest BCUT2D eigenvalue weighted by Gasteiger charge is -2.25. The number of nitrogens with zero attached hydrogens (tertiary/aromatic N) is 2. The highest BCUT2D eigenvalue weighted by molar-refractivity contribution is 7.14. The molecule has 0 spiro atoms. The van der Waals surface area contributed by atoms with Crippen molar-refractivity contribution in [3.8, 4) is 5.00 Å². The summed E-state index contributed by atoms with van der Waals surface area (Å²) in [7, 11) is 0. The molecule has 2 aromatic rings. The molecule has 2 amide bonds. The average Bonchev–Trinajstić information content (AvgIpc) is 3.33. The fraction of sp³-hybridized carbons (Fsp3) is 0.500. The first-order chi connectivity index (χ1) is 13.6. The molecule has 1 aliphatic rings. The van der Waals surface area contributed by atoms with Gasteiger partial charge < -0.3 is 19.9 Å². The summed E-state index contributed by atoms with van der Waals surface area (Å²) >= 11 is 1.81. The fourth-order valence-electron chi connectivity index (χ4n) is 3.38. The normalized spacial score (nSPS) is 13.8. The maximum Gasteiger partial charge on any atom is 0.315 e. The lowest BCUT2D eigenvalue weighted by atomic mass is 10.0. The summed E-state index contributed by atoms with van der Waals surface area (Å²) in [6.07, 6.45) is 5.26. The maximum atomic E-state index is 12.2. The van der Waals surface area contributed by atoms with Crippen LogP contribution in [0.25, 0.3) is 5.00 Å². The smallest absolute Gasteiger partial charge is 0.315 e. The van der Waals surface area contributed by atoms with Gasteiger partial charge in [0, 0.05) is 49.0 Å². The largest absolute Gasteiger partial charge is 0.466 e. The van der Waals surface area contributed by atoms with Crippen LogP contribution in [0.2, 0.25) is 0 Å². The summed E-state index contributed by atoms with van der Waals surface area (Å²) in [5, 5.41) is 6.83. The number of carbonyl (C=O) groups excluding carboxylic acids is 2. The molecule has 7 nitrogen and oxygen atoms in total. The number of esters is 1. The predicted molar refractivity (Wildman–Crippen MR) is 110 cm³/mol. The summed E-state index contributed by atoms with van der Waals surface area (Å²) in [5.74, 6) is -0.301. The molecular formula is C20H28N4O3S. The van der Waals surface area contributed by atoms with Gasteiger partial charge in [-0.25, -0.2) is 4.79 Å². The average molecular weight is 405 g/mol. The second kappa shape index (κ2) is 9.75. The van der Waals surface area contributed by atoms with E-state index < -0.39 is 0 Å². The van der Waals surface area contributed by atoms with Gasteiger partial charge in [-0.1, -0.05) is 6.92 Å². The van der Waals surface area contributed by atoms with Crippen molar-refractivity contribution in [2.45, 2.75) is 39.8 Å². The maximum absolute atomic E-state index is 12.2. The number of amides is 2. The molecule has 0 atom stereocenters. The number of nitrogens with one attached hydrogen (secondary N) is 2. The predicted octanol–water partition coefficient (Wildman–Crippen LogP) is 2.67. The number of hydrogen-bond donors (Lipinski definition) is 2. The molecule has 152 valence electrons. The highest BCUT2D eigenvalue weighted by atomic mass is 32.1. The molecule has 0 aliphatic carbocycles. The zero-order valence-electron chi connectivity index (χ0n) is 16.5. The number of aromatic nitrogens is 1. The number of likely N-dealkylation sites (N-methyl/N-ethyl adjacent to an activating group) is 1. The standard InChI is InChI=1S/C20H28N4O3S/c1-3-23-12-8-15-16(13-22-20(26)21-9-7-18(25)27-4-2)19(28-17(15)14-23)24-10-5-6-11-24/h5-6,10-11H,3-4,7-9,12-14H2,1-2H3,(H2,21,22,26). The molecule has 1 aliphatic heterocycles. The number of rotatable bonds is 8. The molecule has 2 N–H and O–H groups in total. The van der Waals surface area contributed by atoms with Gasteiger partial charge in [-0.2, -0.15) is 0 Å². The Labute approximate surface area is 169 Å². The van der Waals surface area contributed by atoms with E-state index in [2.05, 4.69) is 27.0 Å². The van der Waals surface area contributed by atoms with Gasteiger partial charge in [-0.3, -0.25) is 9.69 Å². The van der Waals surface area contributed by atoms with E-state index in [9.17, 15) is 9.59 Å². The van der Waals surface area contributed by atoms with Crippen LogP contribution in [-0.4, -0.2) is 47.7 Å². The van der Waals surface area contributed by atoms with Crippen molar-refractivity contribution in [2.75, 3.05) is 26.2 Å². The molecule has 0 bridgehead atoms. The van der Waals surface area contributed by atoms with Crippen LogP contribution in [0.3, 0.4) is 0 Å². The minimum Gasteiger partial charge on any atom is -0.466 e. The molecule has 0 aromatic carbocycles. The Hall–Kier alpha value is -2.32. The van der Waals surface area contributed by atoms with Crippen LogP contribution in [0.1, 0.15) is 36.3 Å². The minimum absolute atomic E-state index is 0.177. The van der Waals surface area contributed by atoms with E-state index in [0.29, 0.717) is 13.2 Å². The molecule has 28 heavy (non-hydrogen) atoms. The van der Waals surface area contributed by atoms with Gasteiger partial charge in [-0.05, 0) is 37.6 Å². The molecule has 2 aromatic heterocycles. The van der Waals surface area contributed by atoms with Crippen molar-refractivity contribution in [2.24, 2.45) is 0 Å². The van der Waals surface area contributed by atoms with Crippen LogP contribution in [0, 0.1) is 0 Å². The van der Waals surface area contributed by atoms with Gasteiger partial charge in [-0.15, -0.1) is 11.3 Å². The summed E-state index contributed by atoms with van der Waals surface area (Å²) < 4.78 is 6.98. The second-order valence-corrected chi connectivity index (χ2v) is 7.74. The number of ether oxygens (including phenoxy) is 1. The van der Waals surface area contributed by atoms with Crippen molar-refractivity contribution >= 4 is 23.3 Å². The molecular weight excluding hydrogens is 376 g/mol. The van der Waals surface area contributed by atoms with Crippen molar-refractivity contribution in [3.63, 3.8) is 0 Å². The van der Waals surface area contributed by atoms with Crippen LogP contribution in [0.5, 0.6) is 0 Å². The van der Waals surface area contributed by atoms with E-state index in [0.717, 1.165) is 26.1 Å². The molecule has 8 heteroatoms. The van der Waals surface area contributed by atoms with Crippen LogP contribution >= 0.6 is 11.3 Å². The molecule has 0 fully saturated rings. The Morgan fingerprint density at radius 3 is 2.71 bits per heavy atom. The first kappa shape index (κ1) is 20.4. The summed E-state index contributed by atoms with van der Waals surface area (Å²) in [6, 6.07) is 3.75. The molecule has 0 saturated heterocycles. The van der Waals surface area contributed by atoms with Crippen LogP contribution in [0.4, 0.5) is 4.79 Å². The second-order valence-electron chi connectivity index (χ2n) is 6.66. The third-order valence-corrected chi connectivity index (χ3v) is 6.13. The van der Waals surface area contributed by atoms with E-state index in [-0.39, 0.29) is 25.0 Å². The molecule has 0 unspecified atom stereocenters. The number of fused-ring (bicyclic) bond motifs is 1. The zero-order chi connectivity index (χ0) is 19.9. The molecule has 3 rings (SSSR count). The Bertz CT molecular complexity index is 801. The number of thiophene rings is 1. The van der Waals surface area contributed by atoms with E-state index in [4.69, 9.17) is 4.74 Å². The third kappa shape index (κ3) is 4.94. The van der Waals surface area contributed by atoms with Gasteiger partial charge in [0.25, 0.3) is 0 Å². The van der Waals surface area contributed by atoms with Gasteiger partial charge in [0.05, 0.1) is 13.0 Å². The van der Waals surface area contributed by atoms with E-state index >= 15 is 0 Å². The van der Waals surface area contributed by atoms with Gasteiger partial charge >= 0.3 is 12.0 Å². The lowest BCUT2D eigenvalue weighted by molar-refractivity contribution is -0.142. The van der Waals surface area contributed by atoms with E-state index in [1.165, 1.54) is 21.0 Å². The van der Waals surface area contributed by atoms with Crippen molar-refractivity contribution in [1.82, 2.24) is 20.1 Å². The third-order valence-electron chi connectivity index (χ3n) is 4.86. The fourth-order valence-corrected chi connectivity index (χ4v) is 4.76. The highest BCUT2D eigenvalue weighted by Gasteiger charge is 2.24. The lowest BCUT2D eigenvalue weighted by Crippen LogP contribution is -2.37. The van der Waals surface area contributed by atoms with Crippen LogP contribution in [-0.2, 0) is 29.0 Å². The molecule has 0 radical (unpaired) electrons. The van der Waals surface area contributed by atoms with E-state index in [1.54, 1.807) is 18.3 Å². The topological polar surface area (TPSA) is 75.6 Å². The van der Waals surface area contributed by atoms with Gasteiger partial charge in [0.15, 0.2) is 0 Å². The first-order valence-electron chi connectivity index (χ1n) is 9.78. The van der Waals surface area contributed by atoms with Crippen LogP contribution < -0.4 is 10.6 Å². The zero-order valence-corrected chi connectivity index (χ0v) is 17.3. The van der Waals surface area contributed by atoms with E-state index in [1.807, 2.05) is 24.5 Å². The summed E-state index contributed by atoms with van der Waals surface area (Å²) in [4.78, 5) is 27.3. The monoisotopic (exact) mass is 404 g/mol. The van der Waals surface area contributed by atoms with Crippen molar-refractivity contribution in [1.29, 1.82) is 0 Å². The van der Waals surface area contributed by atoms with Crippen molar-refractivity contribution < 1.29 is 14.3 Å². The number of carbonyl (C=O) groups is 2. The Morgan fingerprint density at radius 1 is 1.21 bits per heavy atom. The van der Waals surface area contributed by atoms with Gasteiger partial charge in [0.1, 0.15) is 5.00 Å². The van der Waals surface area contributed by atoms with Crippen LogP contribution in [0.15, 0.2) is 24.5 Å². The van der Waals surface area contributed by atoms with Crippen molar-refractivity contribution in [3.05, 3.63) is 40.5 Å².